The van der Waals surface area contributed by atoms with Crippen molar-refractivity contribution in [2.75, 3.05) is 0 Å². The monoisotopic (exact) mass is 271 g/mol. The second kappa shape index (κ2) is 4.45. The van der Waals surface area contributed by atoms with Crippen molar-refractivity contribution >= 4 is 33.5 Å². The maximum absolute atomic E-state index is 11.4. The molecular weight excluding hydrogens is 262 g/mol. The smallest absolute Gasteiger partial charge is 0.146 e. The van der Waals surface area contributed by atoms with Crippen LogP contribution >= 0.6 is 27.7 Å². The first kappa shape index (κ1) is 10.2. The molecule has 0 aliphatic heterocycles. The van der Waals surface area contributed by atoms with Gasteiger partial charge < -0.3 is 0 Å². The third-order valence-corrected chi connectivity index (χ3v) is 4.46. The molecule has 2 nitrogen and oxygen atoms in total. The molecule has 1 fully saturated rings. The molecule has 4 heteroatoms. The Labute approximate surface area is 95.6 Å². The molecule has 1 unspecified atom stereocenters. The van der Waals surface area contributed by atoms with Crippen molar-refractivity contribution in [2.45, 2.75) is 29.5 Å². The summed E-state index contributed by atoms with van der Waals surface area (Å²) in [7, 11) is 0. The number of halogens is 1. The number of carbonyl (C=O) groups excluding carboxylic acids is 1. The molecule has 1 atom stereocenters. The minimum atomic E-state index is 0.126. The zero-order valence-electron chi connectivity index (χ0n) is 7.57. The Bertz CT molecular complexity index is 356. The number of Topliss-reactive ketones (excluding diaryl/α,β-unsaturated/α-hetero) is 1. The number of hydrogen-bond acceptors (Lipinski definition) is 3. The summed E-state index contributed by atoms with van der Waals surface area (Å²) in [6.45, 7) is 0. The summed E-state index contributed by atoms with van der Waals surface area (Å²) in [6.07, 6.45) is 4.52. The molecule has 0 spiro atoms. The zero-order chi connectivity index (χ0) is 9.97. The first-order valence-corrected chi connectivity index (χ1v) is 6.24. The Kier molecular flexibility index (Phi) is 3.23. The van der Waals surface area contributed by atoms with Crippen LogP contribution in [0.15, 0.2) is 27.8 Å². The van der Waals surface area contributed by atoms with Crippen LogP contribution in [0.25, 0.3) is 0 Å². The van der Waals surface area contributed by atoms with Gasteiger partial charge in [0.1, 0.15) is 10.8 Å². The Morgan fingerprint density at radius 3 is 3.07 bits per heavy atom. The number of aromatic nitrogens is 1. The molecule has 0 N–H and O–H groups in total. The van der Waals surface area contributed by atoms with E-state index in [0.29, 0.717) is 5.78 Å². The zero-order valence-corrected chi connectivity index (χ0v) is 9.97. The topological polar surface area (TPSA) is 30.0 Å². The first-order valence-electron chi connectivity index (χ1n) is 4.57. The highest BCUT2D eigenvalue weighted by atomic mass is 79.9. The highest BCUT2D eigenvalue weighted by Crippen LogP contribution is 2.34. The van der Waals surface area contributed by atoms with Crippen molar-refractivity contribution in [1.82, 2.24) is 4.98 Å². The van der Waals surface area contributed by atoms with Crippen molar-refractivity contribution in [3.8, 4) is 0 Å². The van der Waals surface area contributed by atoms with E-state index in [1.54, 1.807) is 18.0 Å². The molecule has 74 valence electrons. The molecule has 0 aromatic carbocycles. The lowest BCUT2D eigenvalue weighted by Crippen LogP contribution is -2.08. The van der Waals surface area contributed by atoms with Crippen LogP contribution in [0, 0.1) is 0 Å². The highest BCUT2D eigenvalue weighted by molar-refractivity contribution is 9.10. The van der Waals surface area contributed by atoms with Gasteiger partial charge >= 0.3 is 0 Å². The average molecular weight is 272 g/mol. The summed E-state index contributed by atoms with van der Waals surface area (Å²) < 4.78 is 0.977. The fourth-order valence-corrected chi connectivity index (χ4v) is 3.14. The second-order valence-corrected chi connectivity index (χ2v) is 5.30. The first-order chi connectivity index (χ1) is 6.77. The van der Waals surface area contributed by atoms with Gasteiger partial charge in [0.05, 0.1) is 5.25 Å². The van der Waals surface area contributed by atoms with Gasteiger partial charge in [0, 0.05) is 17.1 Å². The summed E-state index contributed by atoms with van der Waals surface area (Å²) in [5.74, 6) is 0.368. The minimum absolute atomic E-state index is 0.126. The van der Waals surface area contributed by atoms with E-state index < -0.39 is 0 Å². The van der Waals surface area contributed by atoms with Crippen LogP contribution < -0.4 is 0 Å². The van der Waals surface area contributed by atoms with Crippen LogP contribution in [0.5, 0.6) is 0 Å². The third kappa shape index (κ3) is 2.17. The number of rotatable bonds is 2. The summed E-state index contributed by atoms with van der Waals surface area (Å²) in [5.41, 5.74) is 0. The van der Waals surface area contributed by atoms with E-state index in [1.807, 2.05) is 12.1 Å². The van der Waals surface area contributed by atoms with Crippen LogP contribution in [0.4, 0.5) is 0 Å². The summed E-state index contributed by atoms with van der Waals surface area (Å²) in [5, 5.41) is 1.05. The molecule has 1 aliphatic carbocycles. The third-order valence-electron chi connectivity index (χ3n) is 2.23. The second-order valence-electron chi connectivity index (χ2n) is 3.26. The molecule has 0 radical (unpaired) electrons. The van der Waals surface area contributed by atoms with Gasteiger partial charge in [-0.3, -0.25) is 4.79 Å². The van der Waals surface area contributed by atoms with Crippen molar-refractivity contribution < 1.29 is 4.79 Å². The normalized spacial score (nSPS) is 21.5. The predicted molar refractivity (Wildman–Crippen MR) is 60.4 cm³/mol. The van der Waals surface area contributed by atoms with E-state index in [2.05, 4.69) is 20.9 Å². The van der Waals surface area contributed by atoms with Crippen molar-refractivity contribution in [3.05, 3.63) is 22.8 Å². The van der Waals surface area contributed by atoms with Crippen molar-refractivity contribution in [3.63, 3.8) is 0 Å². The van der Waals surface area contributed by atoms with Gasteiger partial charge in [0.25, 0.3) is 0 Å². The number of thioether (sulfide) groups is 1. The lowest BCUT2D eigenvalue weighted by Gasteiger charge is -2.07. The molecule has 1 saturated carbocycles. The summed E-state index contributed by atoms with van der Waals surface area (Å²) in [6, 6.07) is 3.83. The Morgan fingerprint density at radius 1 is 1.57 bits per heavy atom. The Morgan fingerprint density at radius 2 is 2.43 bits per heavy atom. The van der Waals surface area contributed by atoms with E-state index in [0.717, 1.165) is 28.8 Å². The molecule has 1 heterocycles. The van der Waals surface area contributed by atoms with Crippen LogP contribution in [-0.4, -0.2) is 16.0 Å². The Hall–Kier alpha value is -0.350. The van der Waals surface area contributed by atoms with E-state index >= 15 is 0 Å². The summed E-state index contributed by atoms with van der Waals surface area (Å²) in [4.78, 5) is 15.7. The molecule has 2 rings (SSSR count). The number of carbonyl (C=O) groups is 1. The fraction of sp³-hybridized carbons (Fsp3) is 0.400. The highest BCUT2D eigenvalue weighted by Gasteiger charge is 2.26. The number of pyridine rings is 1. The fourth-order valence-electron chi connectivity index (χ4n) is 1.50. The van der Waals surface area contributed by atoms with E-state index in [9.17, 15) is 4.79 Å². The quantitative estimate of drug-likeness (QED) is 0.828. The standard InChI is InChI=1S/C10H10BrNOS/c11-7-3-2-6-12-10(7)14-9-5-1-4-8(9)13/h2-3,6,9H,1,4-5H2. The van der Waals surface area contributed by atoms with Crippen LogP contribution in [0.2, 0.25) is 0 Å². The maximum atomic E-state index is 11.4. The van der Waals surface area contributed by atoms with E-state index in [4.69, 9.17) is 0 Å². The average Bonchev–Trinajstić information content (AvgIpc) is 2.56. The van der Waals surface area contributed by atoms with Gasteiger partial charge in [-0.2, -0.15) is 0 Å². The maximum Gasteiger partial charge on any atom is 0.146 e. The van der Waals surface area contributed by atoms with Gasteiger partial charge in [0.2, 0.25) is 0 Å². The molecule has 1 aromatic heterocycles. The van der Waals surface area contributed by atoms with Gasteiger partial charge in [0.15, 0.2) is 0 Å². The molecule has 0 saturated heterocycles. The molecular formula is C10H10BrNOS. The molecule has 1 aliphatic rings. The lowest BCUT2D eigenvalue weighted by molar-refractivity contribution is -0.116. The van der Waals surface area contributed by atoms with Crippen LogP contribution in [0.1, 0.15) is 19.3 Å². The number of ketones is 1. The minimum Gasteiger partial charge on any atom is -0.298 e. The van der Waals surface area contributed by atoms with E-state index in [1.165, 1.54) is 0 Å². The van der Waals surface area contributed by atoms with Gasteiger partial charge in [-0.05, 0) is 40.9 Å². The van der Waals surface area contributed by atoms with E-state index in [-0.39, 0.29) is 5.25 Å². The largest absolute Gasteiger partial charge is 0.298 e. The number of hydrogen-bond donors (Lipinski definition) is 0. The van der Waals surface area contributed by atoms with Crippen molar-refractivity contribution in [1.29, 1.82) is 0 Å². The van der Waals surface area contributed by atoms with Gasteiger partial charge in [-0.1, -0.05) is 11.8 Å². The van der Waals surface area contributed by atoms with Crippen molar-refractivity contribution in [2.24, 2.45) is 0 Å². The molecule has 0 amide bonds. The molecule has 0 bridgehead atoms. The van der Waals surface area contributed by atoms with Gasteiger partial charge in [-0.25, -0.2) is 4.98 Å². The predicted octanol–water partition coefficient (Wildman–Crippen LogP) is 3.06. The SMILES string of the molecule is O=C1CCCC1Sc1ncccc1Br. The summed E-state index contributed by atoms with van der Waals surface area (Å²) >= 11 is 5.01. The van der Waals surface area contributed by atoms with Crippen LogP contribution in [-0.2, 0) is 4.79 Å². The number of nitrogens with zero attached hydrogens (tertiary/aromatic N) is 1. The van der Waals surface area contributed by atoms with Gasteiger partial charge in [-0.15, -0.1) is 0 Å². The Balaban J connectivity index is 2.10. The lowest BCUT2D eigenvalue weighted by atomic mass is 10.3. The van der Waals surface area contributed by atoms with Crippen LogP contribution in [0.3, 0.4) is 0 Å². The molecule has 14 heavy (non-hydrogen) atoms. The molecule has 1 aromatic rings.